The van der Waals surface area contributed by atoms with Gasteiger partial charge in [-0.3, -0.25) is 4.79 Å². The summed E-state index contributed by atoms with van der Waals surface area (Å²) in [6.07, 6.45) is 5.09. The first kappa shape index (κ1) is 20.5. The zero-order valence-corrected chi connectivity index (χ0v) is 16.6. The Balaban J connectivity index is 1.40. The van der Waals surface area contributed by atoms with Crippen molar-refractivity contribution in [1.29, 1.82) is 0 Å². The number of rotatable bonds is 6. The maximum Gasteiger partial charge on any atom is 0.321 e. The molecule has 6 nitrogen and oxygen atoms in total. The van der Waals surface area contributed by atoms with Gasteiger partial charge in [0.2, 0.25) is 5.91 Å². The zero-order valence-electron chi connectivity index (χ0n) is 16.6. The maximum atomic E-state index is 12.5. The summed E-state index contributed by atoms with van der Waals surface area (Å²) in [5.41, 5.74) is 1.66. The Bertz CT molecular complexity index is 843. The summed E-state index contributed by atoms with van der Waals surface area (Å²) < 4.78 is 5.27. The highest BCUT2D eigenvalue weighted by Gasteiger charge is 2.23. The molecule has 0 saturated carbocycles. The Labute approximate surface area is 171 Å². The number of carbonyl (C=O) groups is 2. The Morgan fingerprint density at radius 3 is 2.48 bits per heavy atom. The molecule has 0 aromatic heterocycles. The molecule has 1 heterocycles. The third kappa shape index (κ3) is 6.10. The second-order valence-corrected chi connectivity index (χ2v) is 7.05. The molecule has 1 fully saturated rings. The first-order chi connectivity index (χ1) is 14.2. The second kappa shape index (κ2) is 10.3. The van der Waals surface area contributed by atoms with Gasteiger partial charge in [-0.1, -0.05) is 42.5 Å². The number of likely N-dealkylation sites (tertiary alicyclic amines) is 1. The number of nitrogens with one attached hydrogen (secondary N) is 2. The van der Waals surface area contributed by atoms with Crippen molar-refractivity contribution in [2.45, 2.75) is 12.8 Å². The standard InChI is InChI=1S/C23H27N3O3/c1-29-21-10-6-5-9-20(21)25-23(28)26-15-13-19(14-16-26)17-24-22(27)12-11-18-7-3-2-4-8-18/h2-12,19H,13-17H2,1H3,(H,24,27)(H,25,28). The number of para-hydroxylation sites is 2. The van der Waals surface area contributed by atoms with Crippen LogP contribution in [-0.4, -0.2) is 43.6 Å². The van der Waals surface area contributed by atoms with Gasteiger partial charge in [-0.15, -0.1) is 0 Å². The lowest BCUT2D eigenvalue weighted by atomic mass is 9.97. The van der Waals surface area contributed by atoms with Crippen LogP contribution in [0.2, 0.25) is 0 Å². The summed E-state index contributed by atoms with van der Waals surface area (Å²) in [7, 11) is 1.58. The molecule has 0 spiro atoms. The van der Waals surface area contributed by atoms with E-state index in [1.54, 1.807) is 24.2 Å². The average Bonchev–Trinajstić information content (AvgIpc) is 2.77. The van der Waals surface area contributed by atoms with Gasteiger partial charge in [0, 0.05) is 25.7 Å². The largest absolute Gasteiger partial charge is 0.495 e. The van der Waals surface area contributed by atoms with Crippen molar-refractivity contribution in [2.75, 3.05) is 32.1 Å². The lowest BCUT2D eigenvalue weighted by Crippen LogP contribution is -2.43. The summed E-state index contributed by atoms with van der Waals surface area (Å²) in [6, 6.07) is 17.0. The molecule has 0 bridgehead atoms. The number of carbonyl (C=O) groups excluding carboxylic acids is 2. The fraction of sp³-hybridized carbons (Fsp3) is 0.304. The Hall–Kier alpha value is -3.28. The molecule has 0 aliphatic carbocycles. The van der Waals surface area contributed by atoms with E-state index in [0.717, 1.165) is 18.4 Å². The van der Waals surface area contributed by atoms with E-state index in [2.05, 4.69) is 10.6 Å². The molecular formula is C23H27N3O3. The molecule has 29 heavy (non-hydrogen) atoms. The monoisotopic (exact) mass is 393 g/mol. The van der Waals surface area contributed by atoms with Crippen LogP contribution in [0.5, 0.6) is 5.75 Å². The van der Waals surface area contributed by atoms with Crippen LogP contribution in [0, 0.1) is 5.92 Å². The lowest BCUT2D eigenvalue weighted by Gasteiger charge is -2.32. The third-order valence-electron chi connectivity index (χ3n) is 5.04. The van der Waals surface area contributed by atoms with E-state index in [-0.39, 0.29) is 11.9 Å². The fourth-order valence-corrected chi connectivity index (χ4v) is 3.32. The van der Waals surface area contributed by atoms with E-state index in [1.807, 2.05) is 54.6 Å². The molecule has 1 aliphatic rings. The normalized spacial score (nSPS) is 14.6. The SMILES string of the molecule is COc1ccccc1NC(=O)N1CCC(CNC(=O)C=Cc2ccccc2)CC1. The predicted molar refractivity (Wildman–Crippen MR) is 115 cm³/mol. The molecule has 0 radical (unpaired) electrons. The van der Waals surface area contributed by atoms with Gasteiger partial charge in [0.05, 0.1) is 12.8 Å². The van der Waals surface area contributed by atoms with E-state index in [4.69, 9.17) is 4.74 Å². The number of ether oxygens (including phenoxy) is 1. The van der Waals surface area contributed by atoms with Crippen LogP contribution in [-0.2, 0) is 4.79 Å². The van der Waals surface area contributed by atoms with Crippen LogP contribution >= 0.6 is 0 Å². The minimum Gasteiger partial charge on any atom is -0.495 e. The number of anilines is 1. The minimum atomic E-state index is -0.122. The van der Waals surface area contributed by atoms with Crippen molar-refractivity contribution < 1.29 is 14.3 Å². The first-order valence-electron chi connectivity index (χ1n) is 9.85. The molecule has 1 saturated heterocycles. The molecule has 3 amide bonds. The number of hydrogen-bond donors (Lipinski definition) is 2. The lowest BCUT2D eigenvalue weighted by molar-refractivity contribution is -0.116. The molecular weight excluding hydrogens is 366 g/mol. The Kier molecular flexibility index (Phi) is 7.28. The number of hydrogen-bond acceptors (Lipinski definition) is 3. The molecule has 1 aliphatic heterocycles. The molecule has 2 N–H and O–H groups in total. The molecule has 3 rings (SSSR count). The van der Waals surface area contributed by atoms with E-state index in [9.17, 15) is 9.59 Å². The molecule has 6 heteroatoms. The van der Waals surface area contributed by atoms with E-state index < -0.39 is 0 Å². The minimum absolute atomic E-state index is 0.0924. The Morgan fingerprint density at radius 1 is 1.07 bits per heavy atom. The summed E-state index contributed by atoms with van der Waals surface area (Å²) in [4.78, 5) is 26.3. The van der Waals surface area contributed by atoms with Gasteiger partial charge in [-0.2, -0.15) is 0 Å². The maximum absolute atomic E-state index is 12.5. The van der Waals surface area contributed by atoms with Crippen LogP contribution in [0.4, 0.5) is 10.5 Å². The van der Waals surface area contributed by atoms with Crippen LogP contribution < -0.4 is 15.4 Å². The van der Waals surface area contributed by atoms with Gasteiger partial charge in [0.25, 0.3) is 0 Å². The summed E-state index contributed by atoms with van der Waals surface area (Å²) in [5.74, 6) is 0.923. The quantitative estimate of drug-likeness (QED) is 0.734. The van der Waals surface area contributed by atoms with Crippen molar-refractivity contribution in [3.05, 3.63) is 66.2 Å². The highest BCUT2D eigenvalue weighted by molar-refractivity contribution is 5.92. The predicted octanol–water partition coefficient (Wildman–Crippen LogP) is 3.77. The third-order valence-corrected chi connectivity index (χ3v) is 5.04. The molecule has 2 aromatic rings. The highest BCUT2D eigenvalue weighted by atomic mass is 16.5. The molecule has 152 valence electrons. The number of amides is 3. The fourth-order valence-electron chi connectivity index (χ4n) is 3.32. The smallest absolute Gasteiger partial charge is 0.321 e. The van der Waals surface area contributed by atoms with Crippen molar-refractivity contribution in [1.82, 2.24) is 10.2 Å². The van der Waals surface area contributed by atoms with Crippen LogP contribution in [0.3, 0.4) is 0 Å². The highest BCUT2D eigenvalue weighted by Crippen LogP contribution is 2.24. The summed E-state index contributed by atoms with van der Waals surface area (Å²) in [6.45, 7) is 1.96. The van der Waals surface area contributed by atoms with E-state index in [0.29, 0.717) is 37.0 Å². The number of urea groups is 1. The van der Waals surface area contributed by atoms with Crippen LogP contribution in [0.1, 0.15) is 18.4 Å². The van der Waals surface area contributed by atoms with Crippen LogP contribution in [0.15, 0.2) is 60.7 Å². The number of methoxy groups -OCH3 is 1. The Morgan fingerprint density at radius 2 is 1.76 bits per heavy atom. The van der Waals surface area contributed by atoms with Gasteiger partial charge >= 0.3 is 6.03 Å². The number of nitrogens with zero attached hydrogens (tertiary/aromatic N) is 1. The van der Waals surface area contributed by atoms with Gasteiger partial charge in [0.15, 0.2) is 0 Å². The zero-order chi connectivity index (χ0) is 20.5. The second-order valence-electron chi connectivity index (χ2n) is 7.05. The van der Waals surface area contributed by atoms with Gasteiger partial charge in [-0.25, -0.2) is 4.79 Å². The van der Waals surface area contributed by atoms with Crippen molar-refractivity contribution in [3.8, 4) is 5.75 Å². The number of piperidine rings is 1. The molecule has 0 atom stereocenters. The molecule has 0 unspecified atom stereocenters. The first-order valence-corrected chi connectivity index (χ1v) is 9.85. The molecule has 2 aromatic carbocycles. The van der Waals surface area contributed by atoms with Gasteiger partial charge < -0.3 is 20.3 Å². The van der Waals surface area contributed by atoms with Gasteiger partial charge in [-0.05, 0) is 42.5 Å². The van der Waals surface area contributed by atoms with E-state index >= 15 is 0 Å². The summed E-state index contributed by atoms with van der Waals surface area (Å²) >= 11 is 0. The topological polar surface area (TPSA) is 70.7 Å². The van der Waals surface area contributed by atoms with Crippen molar-refractivity contribution in [3.63, 3.8) is 0 Å². The van der Waals surface area contributed by atoms with E-state index in [1.165, 1.54) is 0 Å². The van der Waals surface area contributed by atoms with Gasteiger partial charge in [0.1, 0.15) is 5.75 Å². The van der Waals surface area contributed by atoms with Crippen LogP contribution in [0.25, 0.3) is 6.08 Å². The van der Waals surface area contributed by atoms with Crippen molar-refractivity contribution >= 4 is 23.7 Å². The summed E-state index contributed by atoms with van der Waals surface area (Å²) in [5, 5.41) is 5.87. The number of benzene rings is 2. The average molecular weight is 393 g/mol. The van der Waals surface area contributed by atoms with Crippen molar-refractivity contribution in [2.24, 2.45) is 5.92 Å².